The zero-order chi connectivity index (χ0) is 10.8. The van der Waals surface area contributed by atoms with Crippen LogP contribution in [0.5, 0.6) is 0 Å². The molecule has 0 aromatic heterocycles. The fourth-order valence-electron chi connectivity index (χ4n) is 1.24. The molecule has 0 bridgehead atoms. The van der Waals surface area contributed by atoms with E-state index >= 15 is 0 Å². The second-order valence-corrected chi connectivity index (χ2v) is 4.95. The van der Waals surface area contributed by atoms with E-state index in [9.17, 15) is 8.42 Å². The average molecular weight is 215 g/mol. The monoisotopic (exact) mass is 215 g/mol. The number of nitrogen functional groups attached to an aromatic ring is 1. The van der Waals surface area contributed by atoms with Gasteiger partial charge in [-0.15, -0.1) is 0 Å². The summed E-state index contributed by atoms with van der Waals surface area (Å²) >= 11 is 0. The zero-order valence-electron chi connectivity index (χ0n) is 8.15. The van der Waals surface area contributed by atoms with E-state index < -0.39 is 9.84 Å². The minimum absolute atomic E-state index is 0.272. The van der Waals surface area contributed by atoms with Crippen LogP contribution in [-0.4, -0.2) is 21.5 Å². The fraction of sp³-hybridized carbons (Fsp3) is 0.333. The highest BCUT2D eigenvalue weighted by Gasteiger charge is 2.16. The molecule has 1 rings (SSSR count). The molecule has 0 heterocycles. The first-order chi connectivity index (χ1) is 6.47. The SMILES string of the molecule is COCS(=O)(=O)c1ccc(N)cc1C. The normalized spacial score (nSPS) is 11.6. The summed E-state index contributed by atoms with van der Waals surface area (Å²) in [5, 5.41) is 0. The maximum Gasteiger partial charge on any atom is 0.202 e. The van der Waals surface area contributed by atoms with Crippen molar-refractivity contribution in [3.63, 3.8) is 0 Å². The summed E-state index contributed by atoms with van der Waals surface area (Å²) in [7, 11) is -1.98. The van der Waals surface area contributed by atoms with E-state index in [1.54, 1.807) is 19.1 Å². The highest BCUT2D eigenvalue weighted by molar-refractivity contribution is 7.91. The summed E-state index contributed by atoms with van der Waals surface area (Å²) in [5.41, 5.74) is 6.71. The molecule has 14 heavy (non-hydrogen) atoms. The lowest BCUT2D eigenvalue weighted by atomic mass is 10.2. The molecular formula is C9H13NO3S. The molecule has 0 saturated heterocycles. The van der Waals surface area contributed by atoms with Gasteiger partial charge in [-0.1, -0.05) is 0 Å². The molecule has 0 saturated carbocycles. The van der Waals surface area contributed by atoms with E-state index in [0.29, 0.717) is 11.3 Å². The second-order valence-electron chi connectivity index (χ2n) is 3.05. The topological polar surface area (TPSA) is 69.4 Å². The van der Waals surface area contributed by atoms with Crippen molar-refractivity contribution >= 4 is 15.5 Å². The van der Waals surface area contributed by atoms with Crippen molar-refractivity contribution in [3.05, 3.63) is 23.8 Å². The van der Waals surface area contributed by atoms with Gasteiger partial charge in [0.2, 0.25) is 9.84 Å². The van der Waals surface area contributed by atoms with Gasteiger partial charge in [-0.3, -0.25) is 0 Å². The maximum absolute atomic E-state index is 11.6. The summed E-state index contributed by atoms with van der Waals surface area (Å²) in [6.45, 7) is 1.71. The lowest BCUT2D eigenvalue weighted by Crippen LogP contribution is -2.09. The van der Waals surface area contributed by atoms with Gasteiger partial charge in [-0.25, -0.2) is 8.42 Å². The van der Waals surface area contributed by atoms with E-state index in [1.807, 2.05) is 0 Å². The van der Waals surface area contributed by atoms with Gasteiger partial charge in [0, 0.05) is 12.8 Å². The highest BCUT2D eigenvalue weighted by Crippen LogP contribution is 2.18. The minimum atomic E-state index is -3.34. The minimum Gasteiger partial charge on any atom is -0.399 e. The molecule has 1 aromatic rings. The van der Waals surface area contributed by atoms with E-state index in [0.717, 1.165) is 0 Å². The van der Waals surface area contributed by atoms with E-state index in [4.69, 9.17) is 5.73 Å². The van der Waals surface area contributed by atoms with Gasteiger partial charge in [0.05, 0.1) is 4.90 Å². The standard InChI is InChI=1S/C9H13NO3S/c1-7-5-8(10)3-4-9(7)14(11,12)6-13-2/h3-5H,6,10H2,1-2H3. The van der Waals surface area contributed by atoms with Crippen LogP contribution in [0.3, 0.4) is 0 Å². The Balaban J connectivity index is 3.20. The van der Waals surface area contributed by atoms with Crippen molar-refractivity contribution in [3.8, 4) is 0 Å². The lowest BCUT2D eigenvalue weighted by molar-refractivity contribution is 0.249. The van der Waals surface area contributed by atoms with E-state index in [2.05, 4.69) is 4.74 Å². The number of nitrogens with two attached hydrogens (primary N) is 1. The first-order valence-corrected chi connectivity index (χ1v) is 5.70. The molecule has 0 amide bonds. The number of sulfone groups is 1. The Morgan fingerprint density at radius 1 is 1.43 bits per heavy atom. The number of ether oxygens (including phenoxy) is 1. The Morgan fingerprint density at radius 2 is 2.07 bits per heavy atom. The van der Waals surface area contributed by atoms with Gasteiger partial charge in [0.25, 0.3) is 0 Å². The Kier molecular flexibility index (Phi) is 3.13. The summed E-state index contributed by atoms with van der Waals surface area (Å²) in [5.74, 6) is -0.308. The number of hydrogen-bond acceptors (Lipinski definition) is 4. The van der Waals surface area contributed by atoms with Crippen LogP contribution in [0.2, 0.25) is 0 Å². The highest BCUT2D eigenvalue weighted by atomic mass is 32.2. The molecule has 0 atom stereocenters. The predicted molar refractivity (Wildman–Crippen MR) is 54.7 cm³/mol. The van der Waals surface area contributed by atoms with Gasteiger partial charge in [0.1, 0.15) is 0 Å². The van der Waals surface area contributed by atoms with Gasteiger partial charge in [0.15, 0.2) is 5.94 Å². The van der Waals surface area contributed by atoms with Crippen molar-refractivity contribution in [1.82, 2.24) is 0 Å². The number of anilines is 1. The Bertz CT molecular complexity index is 426. The Hall–Kier alpha value is -1.07. The first-order valence-electron chi connectivity index (χ1n) is 4.05. The molecule has 0 spiro atoms. The molecule has 4 nitrogen and oxygen atoms in total. The number of methoxy groups -OCH3 is 1. The molecule has 5 heteroatoms. The smallest absolute Gasteiger partial charge is 0.202 e. The van der Waals surface area contributed by atoms with Gasteiger partial charge in [-0.2, -0.15) is 0 Å². The van der Waals surface area contributed by atoms with Crippen molar-refractivity contribution in [1.29, 1.82) is 0 Å². The average Bonchev–Trinajstić information content (AvgIpc) is 2.02. The van der Waals surface area contributed by atoms with Crippen LogP contribution < -0.4 is 5.73 Å². The third-order valence-corrected chi connectivity index (χ3v) is 3.48. The number of aryl methyl sites for hydroxylation is 1. The molecule has 0 aliphatic rings. The second kappa shape index (κ2) is 3.98. The zero-order valence-corrected chi connectivity index (χ0v) is 8.97. The fourth-order valence-corrected chi connectivity index (χ4v) is 2.50. The third kappa shape index (κ3) is 2.24. The van der Waals surface area contributed by atoms with Crippen molar-refractivity contribution in [2.75, 3.05) is 18.8 Å². The van der Waals surface area contributed by atoms with Crippen LogP contribution >= 0.6 is 0 Å². The molecule has 0 fully saturated rings. The Morgan fingerprint density at radius 3 is 2.57 bits per heavy atom. The molecule has 0 radical (unpaired) electrons. The number of benzene rings is 1. The van der Waals surface area contributed by atoms with Crippen molar-refractivity contribution < 1.29 is 13.2 Å². The quantitative estimate of drug-likeness (QED) is 0.762. The van der Waals surface area contributed by atoms with E-state index in [-0.39, 0.29) is 10.8 Å². The maximum atomic E-state index is 11.6. The molecule has 0 aliphatic heterocycles. The van der Waals surface area contributed by atoms with Crippen molar-refractivity contribution in [2.45, 2.75) is 11.8 Å². The van der Waals surface area contributed by atoms with Gasteiger partial charge in [-0.05, 0) is 30.7 Å². The van der Waals surface area contributed by atoms with Crippen LogP contribution in [-0.2, 0) is 14.6 Å². The van der Waals surface area contributed by atoms with Gasteiger partial charge >= 0.3 is 0 Å². The Labute approximate surface area is 83.6 Å². The van der Waals surface area contributed by atoms with Gasteiger partial charge < -0.3 is 10.5 Å². The van der Waals surface area contributed by atoms with E-state index in [1.165, 1.54) is 13.2 Å². The molecule has 0 unspecified atom stereocenters. The summed E-state index contributed by atoms with van der Waals surface area (Å²) < 4.78 is 27.8. The molecular weight excluding hydrogens is 202 g/mol. The number of rotatable bonds is 3. The van der Waals surface area contributed by atoms with Crippen LogP contribution in [0, 0.1) is 6.92 Å². The molecule has 0 aliphatic carbocycles. The number of hydrogen-bond donors (Lipinski definition) is 1. The van der Waals surface area contributed by atoms with Crippen LogP contribution in [0.4, 0.5) is 5.69 Å². The predicted octanol–water partition coefficient (Wildman–Crippen LogP) is 0.955. The lowest BCUT2D eigenvalue weighted by Gasteiger charge is -2.06. The summed E-state index contributed by atoms with van der Waals surface area (Å²) in [6.07, 6.45) is 0. The molecule has 1 aromatic carbocycles. The largest absolute Gasteiger partial charge is 0.399 e. The molecule has 78 valence electrons. The summed E-state index contributed by atoms with van der Waals surface area (Å²) in [4.78, 5) is 0.272. The molecule has 2 N–H and O–H groups in total. The first kappa shape index (κ1) is 11.0. The van der Waals surface area contributed by atoms with Crippen LogP contribution in [0.25, 0.3) is 0 Å². The summed E-state index contributed by atoms with van der Waals surface area (Å²) in [6, 6.07) is 4.69. The van der Waals surface area contributed by atoms with Crippen molar-refractivity contribution in [2.24, 2.45) is 0 Å². The van der Waals surface area contributed by atoms with Crippen LogP contribution in [0.1, 0.15) is 5.56 Å². The third-order valence-electron chi connectivity index (χ3n) is 1.81. The van der Waals surface area contributed by atoms with Crippen LogP contribution in [0.15, 0.2) is 23.1 Å².